The molecule has 0 aliphatic carbocycles. The quantitative estimate of drug-likeness (QED) is 0.756. The molecule has 3 heterocycles. The molecule has 5 rings (SSSR count). The van der Waals surface area contributed by atoms with Gasteiger partial charge in [-0.1, -0.05) is 36.4 Å². The molecule has 2 aromatic rings. The van der Waals surface area contributed by atoms with Crippen LogP contribution in [0.15, 0.2) is 48.5 Å². The number of piperazine rings is 1. The van der Waals surface area contributed by atoms with Gasteiger partial charge in [-0.3, -0.25) is 9.59 Å². The smallest absolute Gasteiger partial charge is 0.242 e. The number of amides is 2. The third-order valence-electron chi connectivity index (χ3n) is 7.33. The van der Waals surface area contributed by atoms with Gasteiger partial charge in [-0.15, -0.1) is 0 Å². The van der Waals surface area contributed by atoms with Crippen LogP contribution in [0.3, 0.4) is 0 Å². The van der Waals surface area contributed by atoms with E-state index in [4.69, 9.17) is 9.47 Å². The molecule has 3 atom stereocenters. The molecule has 33 heavy (non-hydrogen) atoms. The van der Waals surface area contributed by atoms with Crippen LogP contribution in [0, 0.1) is 5.92 Å². The molecule has 1 N–H and O–H groups in total. The first-order chi connectivity index (χ1) is 16.1. The molecular weight excluding hydrogens is 420 g/mol. The molecule has 0 radical (unpaired) electrons. The van der Waals surface area contributed by atoms with Crippen LogP contribution in [0.4, 0.5) is 0 Å². The first kappa shape index (κ1) is 21.9. The predicted octanol–water partition coefficient (Wildman–Crippen LogP) is 2.29. The molecule has 0 bridgehead atoms. The summed E-state index contributed by atoms with van der Waals surface area (Å²) in [6.07, 6.45) is 1.43. The van der Waals surface area contributed by atoms with E-state index < -0.39 is 0 Å². The van der Waals surface area contributed by atoms with Crippen LogP contribution in [0.1, 0.15) is 24.3 Å². The Bertz CT molecular complexity index is 1020. The molecule has 3 aliphatic rings. The molecule has 3 saturated heterocycles. The number of aliphatic hydroxyl groups is 1. The Labute approximate surface area is 193 Å². The number of benzene rings is 2. The average molecular weight is 451 g/mol. The van der Waals surface area contributed by atoms with Gasteiger partial charge in [0.1, 0.15) is 5.75 Å². The fourth-order valence-electron chi connectivity index (χ4n) is 5.57. The van der Waals surface area contributed by atoms with Crippen LogP contribution in [0.5, 0.6) is 5.75 Å². The van der Waals surface area contributed by atoms with E-state index in [1.165, 1.54) is 0 Å². The number of hydrogen-bond acceptors (Lipinski definition) is 5. The predicted molar refractivity (Wildman–Crippen MR) is 123 cm³/mol. The number of fused-ring (bicyclic) bond motifs is 1. The molecule has 174 valence electrons. The van der Waals surface area contributed by atoms with Gasteiger partial charge in [-0.05, 0) is 41.7 Å². The summed E-state index contributed by atoms with van der Waals surface area (Å²) < 4.78 is 10.7. The van der Waals surface area contributed by atoms with Crippen molar-refractivity contribution in [3.63, 3.8) is 0 Å². The van der Waals surface area contributed by atoms with Gasteiger partial charge in [0, 0.05) is 31.6 Å². The minimum Gasteiger partial charge on any atom is -0.497 e. The van der Waals surface area contributed by atoms with Crippen molar-refractivity contribution in [1.29, 1.82) is 0 Å². The topological polar surface area (TPSA) is 79.3 Å². The number of hydrogen-bond donors (Lipinski definition) is 1. The van der Waals surface area contributed by atoms with Crippen molar-refractivity contribution in [2.24, 2.45) is 5.92 Å². The lowest BCUT2D eigenvalue weighted by Crippen LogP contribution is -2.73. The molecule has 0 saturated carbocycles. The second-order valence-electron chi connectivity index (χ2n) is 9.10. The summed E-state index contributed by atoms with van der Waals surface area (Å²) in [5, 5.41) is 10.0. The third kappa shape index (κ3) is 4.00. The fraction of sp³-hybridized carbons (Fsp3) is 0.462. The Hall–Kier alpha value is -2.90. The van der Waals surface area contributed by atoms with Crippen LogP contribution >= 0.6 is 0 Å². The van der Waals surface area contributed by atoms with Crippen molar-refractivity contribution in [2.75, 3.05) is 40.0 Å². The summed E-state index contributed by atoms with van der Waals surface area (Å²) in [4.78, 5) is 29.5. The number of aliphatic hydroxyl groups excluding tert-OH is 1. The van der Waals surface area contributed by atoms with E-state index in [2.05, 4.69) is 24.3 Å². The van der Waals surface area contributed by atoms with Gasteiger partial charge in [0.05, 0.1) is 32.3 Å². The van der Waals surface area contributed by atoms with E-state index in [-0.39, 0.29) is 48.9 Å². The van der Waals surface area contributed by atoms with E-state index in [0.29, 0.717) is 32.6 Å². The minimum absolute atomic E-state index is 0.00333. The Kier molecular flexibility index (Phi) is 6.08. The maximum Gasteiger partial charge on any atom is 0.242 e. The highest BCUT2D eigenvalue weighted by Gasteiger charge is 2.54. The van der Waals surface area contributed by atoms with Crippen molar-refractivity contribution in [2.45, 2.75) is 30.8 Å². The summed E-state index contributed by atoms with van der Waals surface area (Å²) in [7, 11) is 1.65. The van der Waals surface area contributed by atoms with Crippen molar-refractivity contribution in [1.82, 2.24) is 9.80 Å². The molecule has 0 aromatic heterocycles. The number of carbonyl (C=O) groups excluding carboxylic acids is 2. The zero-order valence-corrected chi connectivity index (χ0v) is 18.9. The first-order valence-electron chi connectivity index (χ1n) is 11.6. The maximum atomic E-state index is 13.1. The normalized spacial score (nSPS) is 25.4. The van der Waals surface area contributed by atoms with Gasteiger partial charge >= 0.3 is 0 Å². The zero-order valence-electron chi connectivity index (χ0n) is 18.9. The summed E-state index contributed by atoms with van der Waals surface area (Å²) >= 11 is 0. The molecule has 0 unspecified atom stereocenters. The molecule has 2 aromatic carbocycles. The SMILES string of the molecule is COc1cccc(-c2ccc([C@@H]3[C@@H](CO)N4C(=O)CN(C(=O)C5CCOCC5)C[C@@H]34)cc2)c1. The van der Waals surface area contributed by atoms with Gasteiger partial charge < -0.3 is 24.4 Å². The molecule has 0 spiro atoms. The highest BCUT2D eigenvalue weighted by molar-refractivity contribution is 5.88. The first-order valence-corrected chi connectivity index (χ1v) is 11.6. The van der Waals surface area contributed by atoms with Crippen molar-refractivity contribution >= 4 is 11.8 Å². The molecule has 3 fully saturated rings. The maximum absolute atomic E-state index is 13.1. The lowest BCUT2D eigenvalue weighted by Gasteiger charge is -2.59. The van der Waals surface area contributed by atoms with E-state index >= 15 is 0 Å². The monoisotopic (exact) mass is 450 g/mol. The van der Waals surface area contributed by atoms with Gasteiger partial charge in [-0.2, -0.15) is 0 Å². The molecule has 7 heteroatoms. The highest BCUT2D eigenvalue weighted by atomic mass is 16.5. The van der Waals surface area contributed by atoms with Crippen molar-refractivity contribution < 1.29 is 24.2 Å². The third-order valence-corrected chi connectivity index (χ3v) is 7.33. The van der Waals surface area contributed by atoms with Crippen LogP contribution in [0.25, 0.3) is 11.1 Å². The number of carbonyl (C=O) groups is 2. The highest BCUT2D eigenvalue weighted by Crippen LogP contribution is 2.43. The van der Waals surface area contributed by atoms with Crippen LogP contribution < -0.4 is 4.74 Å². The largest absolute Gasteiger partial charge is 0.497 e. The van der Waals surface area contributed by atoms with E-state index in [9.17, 15) is 14.7 Å². The van der Waals surface area contributed by atoms with Gasteiger partial charge in [0.15, 0.2) is 0 Å². The number of ether oxygens (including phenoxy) is 2. The number of nitrogens with zero attached hydrogens (tertiary/aromatic N) is 2. The van der Waals surface area contributed by atoms with E-state index in [0.717, 1.165) is 22.4 Å². The Morgan fingerprint density at radius 2 is 1.88 bits per heavy atom. The zero-order chi connectivity index (χ0) is 22.9. The molecule has 2 amide bonds. The lowest BCUT2D eigenvalue weighted by atomic mass is 9.73. The van der Waals surface area contributed by atoms with E-state index in [1.54, 1.807) is 16.9 Å². The number of methoxy groups -OCH3 is 1. The summed E-state index contributed by atoms with van der Waals surface area (Å²) in [5.74, 6) is 0.735. The Morgan fingerprint density at radius 1 is 1.12 bits per heavy atom. The summed E-state index contributed by atoms with van der Waals surface area (Å²) in [6, 6.07) is 15.8. The van der Waals surface area contributed by atoms with Gasteiger partial charge in [0.2, 0.25) is 11.8 Å². The molecule has 3 aliphatic heterocycles. The molecule has 7 nitrogen and oxygen atoms in total. The van der Waals surface area contributed by atoms with Crippen molar-refractivity contribution in [3.05, 3.63) is 54.1 Å². The fourth-order valence-corrected chi connectivity index (χ4v) is 5.57. The van der Waals surface area contributed by atoms with Crippen LogP contribution in [0.2, 0.25) is 0 Å². The Balaban J connectivity index is 1.35. The summed E-state index contributed by atoms with van der Waals surface area (Å²) in [6.45, 7) is 1.73. The van der Waals surface area contributed by atoms with Crippen LogP contribution in [-0.4, -0.2) is 78.8 Å². The standard InChI is InChI=1S/C26H30N2O5/c1-32-21-4-2-3-20(13-21)17-5-7-18(8-6-17)25-22-14-27(15-24(30)28(22)23(25)16-29)26(31)19-9-11-33-12-10-19/h2-8,13,19,22-23,25,29H,9-12,14-16H2,1H3/t22-,23+,25-/m0/s1. The van der Waals surface area contributed by atoms with Crippen molar-refractivity contribution in [3.8, 4) is 16.9 Å². The van der Waals surface area contributed by atoms with Gasteiger partial charge in [-0.25, -0.2) is 0 Å². The Morgan fingerprint density at radius 3 is 2.58 bits per heavy atom. The van der Waals surface area contributed by atoms with Gasteiger partial charge in [0.25, 0.3) is 0 Å². The molecular formula is C26H30N2O5. The summed E-state index contributed by atoms with van der Waals surface area (Å²) in [5.41, 5.74) is 3.22. The minimum atomic E-state index is -0.245. The second-order valence-corrected chi connectivity index (χ2v) is 9.10. The van der Waals surface area contributed by atoms with E-state index in [1.807, 2.05) is 24.3 Å². The second kappa shape index (κ2) is 9.15. The number of rotatable bonds is 5. The average Bonchev–Trinajstić information content (AvgIpc) is 2.85. The lowest BCUT2D eigenvalue weighted by molar-refractivity contribution is -0.169. The van der Waals surface area contributed by atoms with Crippen LogP contribution in [-0.2, 0) is 14.3 Å².